The normalized spacial score (nSPS) is 22.9. The Hall–Kier alpha value is -1.16. The van der Waals surface area contributed by atoms with E-state index in [1.54, 1.807) is 0 Å². The van der Waals surface area contributed by atoms with Crippen LogP contribution in [0.1, 0.15) is 35.1 Å². The molecule has 1 N–H and O–H groups in total. The number of hydrogen-bond donors (Lipinski definition) is 1. The molecule has 70 valence electrons. The fraction of sp³-hybridized carbons (Fsp3) is 0.556. The van der Waals surface area contributed by atoms with Gasteiger partial charge in [0.1, 0.15) is 12.0 Å². The summed E-state index contributed by atoms with van der Waals surface area (Å²) < 4.78 is 5.21. The summed E-state index contributed by atoms with van der Waals surface area (Å²) in [6, 6.07) is 0. The minimum atomic E-state index is 0.336. The van der Waals surface area contributed by atoms with Crippen LogP contribution < -0.4 is 5.32 Å². The van der Waals surface area contributed by atoms with Crippen LogP contribution >= 0.6 is 0 Å². The molecule has 1 aliphatic rings. The van der Waals surface area contributed by atoms with Gasteiger partial charge in [0.05, 0.1) is 0 Å². The van der Waals surface area contributed by atoms with Crippen molar-refractivity contribution in [2.45, 2.75) is 18.8 Å². The summed E-state index contributed by atoms with van der Waals surface area (Å²) in [7, 11) is 0. The Bertz CT molecular complexity index is 290. The van der Waals surface area contributed by atoms with Crippen LogP contribution in [-0.2, 0) is 0 Å². The quantitative estimate of drug-likeness (QED) is 0.688. The van der Waals surface area contributed by atoms with Gasteiger partial charge in [0.2, 0.25) is 0 Å². The summed E-state index contributed by atoms with van der Waals surface area (Å²) in [5.74, 6) is 1.02. The number of oxazole rings is 1. The van der Waals surface area contributed by atoms with Crippen molar-refractivity contribution in [2.75, 3.05) is 13.1 Å². The average Bonchev–Trinajstić information content (AvgIpc) is 2.67. The summed E-state index contributed by atoms with van der Waals surface area (Å²) in [6.45, 7) is 1.97. The highest BCUT2D eigenvalue weighted by Gasteiger charge is 2.19. The lowest BCUT2D eigenvalue weighted by Crippen LogP contribution is -2.28. The highest BCUT2D eigenvalue weighted by atomic mass is 16.3. The fourth-order valence-electron chi connectivity index (χ4n) is 1.60. The maximum Gasteiger partial charge on any atom is 0.199 e. The Balaban J connectivity index is 2.09. The van der Waals surface area contributed by atoms with E-state index in [-0.39, 0.29) is 0 Å². The van der Waals surface area contributed by atoms with E-state index < -0.39 is 0 Å². The number of carbonyl (C=O) groups excluding carboxylic acids is 1. The fourth-order valence-corrected chi connectivity index (χ4v) is 1.60. The lowest BCUT2D eigenvalue weighted by molar-refractivity contribution is 0.111. The SMILES string of the molecule is O=Cc1coc(C2CCCNC2)n1. The van der Waals surface area contributed by atoms with Crippen LogP contribution in [0.2, 0.25) is 0 Å². The van der Waals surface area contributed by atoms with Gasteiger partial charge < -0.3 is 9.73 Å². The van der Waals surface area contributed by atoms with E-state index in [9.17, 15) is 4.79 Å². The summed E-state index contributed by atoms with van der Waals surface area (Å²) >= 11 is 0. The molecule has 1 aromatic rings. The van der Waals surface area contributed by atoms with Crippen molar-refractivity contribution in [1.82, 2.24) is 10.3 Å². The number of rotatable bonds is 2. The van der Waals surface area contributed by atoms with Crippen molar-refractivity contribution in [2.24, 2.45) is 0 Å². The smallest absolute Gasteiger partial charge is 0.199 e. The van der Waals surface area contributed by atoms with Crippen LogP contribution in [0.5, 0.6) is 0 Å². The van der Waals surface area contributed by atoms with Gasteiger partial charge in [0.15, 0.2) is 12.2 Å². The molecule has 0 saturated carbocycles. The number of nitrogens with one attached hydrogen (secondary N) is 1. The number of carbonyl (C=O) groups is 1. The second-order valence-corrected chi connectivity index (χ2v) is 3.27. The second kappa shape index (κ2) is 3.70. The van der Waals surface area contributed by atoms with E-state index in [1.807, 2.05) is 0 Å². The Labute approximate surface area is 76.3 Å². The molecule has 1 aromatic heterocycles. The number of piperidine rings is 1. The van der Waals surface area contributed by atoms with Gasteiger partial charge in [0.25, 0.3) is 0 Å². The number of aromatic nitrogens is 1. The molecule has 1 aliphatic heterocycles. The van der Waals surface area contributed by atoms with Crippen LogP contribution in [-0.4, -0.2) is 24.4 Å². The average molecular weight is 180 g/mol. The van der Waals surface area contributed by atoms with Crippen molar-refractivity contribution >= 4 is 6.29 Å². The van der Waals surface area contributed by atoms with E-state index in [1.165, 1.54) is 6.26 Å². The maximum atomic E-state index is 10.4. The maximum absolute atomic E-state index is 10.4. The zero-order valence-corrected chi connectivity index (χ0v) is 7.32. The molecule has 1 fully saturated rings. The van der Waals surface area contributed by atoms with Crippen molar-refractivity contribution in [1.29, 1.82) is 0 Å². The number of aldehydes is 1. The monoisotopic (exact) mass is 180 g/mol. The van der Waals surface area contributed by atoms with E-state index in [2.05, 4.69) is 10.3 Å². The molecule has 13 heavy (non-hydrogen) atoms. The van der Waals surface area contributed by atoms with Gasteiger partial charge >= 0.3 is 0 Å². The highest BCUT2D eigenvalue weighted by Crippen LogP contribution is 2.21. The molecule has 2 heterocycles. The van der Waals surface area contributed by atoms with E-state index >= 15 is 0 Å². The molecule has 1 atom stereocenters. The van der Waals surface area contributed by atoms with Crippen molar-refractivity contribution < 1.29 is 9.21 Å². The molecule has 0 aromatic carbocycles. The molecular formula is C9H12N2O2. The first-order valence-corrected chi connectivity index (χ1v) is 4.51. The molecule has 4 heteroatoms. The topological polar surface area (TPSA) is 55.1 Å². The number of hydrogen-bond acceptors (Lipinski definition) is 4. The van der Waals surface area contributed by atoms with Gasteiger partial charge in [0, 0.05) is 12.5 Å². The molecule has 0 radical (unpaired) electrons. The van der Waals surface area contributed by atoms with Gasteiger partial charge in [-0.2, -0.15) is 0 Å². The first-order chi connectivity index (χ1) is 6.40. The third kappa shape index (κ3) is 1.78. The third-order valence-corrected chi connectivity index (χ3v) is 2.31. The molecule has 0 bridgehead atoms. The lowest BCUT2D eigenvalue weighted by Gasteiger charge is -2.19. The van der Waals surface area contributed by atoms with E-state index in [0.29, 0.717) is 23.8 Å². The zero-order valence-electron chi connectivity index (χ0n) is 7.32. The minimum Gasteiger partial charge on any atom is -0.448 e. The predicted octanol–water partition coefficient (Wildman–Crippen LogP) is 0.954. The Morgan fingerprint density at radius 1 is 1.69 bits per heavy atom. The molecule has 0 spiro atoms. The van der Waals surface area contributed by atoms with E-state index in [0.717, 1.165) is 25.9 Å². The van der Waals surface area contributed by atoms with Crippen LogP contribution in [0, 0.1) is 0 Å². The number of nitrogens with zero attached hydrogens (tertiary/aromatic N) is 1. The van der Waals surface area contributed by atoms with Crippen LogP contribution in [0.15, 0.2) is 10.7 Å². The largest absolute Gasteiger partial charge is 0.448 e. The van der Waals surface area contributed by atoms with Gasteiger partial charge in [-0.05, 0) is 19.4 Å². The second-order valence-electron chi connectivity index (χ2n) is 3.27. The van der Waals surface area contributed by atoms with Crippen molar-refractivity contribution in [3.8, 4) is 0 Å². The van der Waals surface area contributed by atoms with Gasteiger partial charge in [-0.25, -0.2) is 4.98 Å². The Morgan fingerprint density at radius 3 is 3.23 bits per heavy atom. The highest BCUT2D eigenvalue weighted by molar-refractivity contribution is 5.70. The first-order valence-electron chi connectivity index (χ1n) is 4.51. The van der Waals surface area contributed by atoms with Crippen LogP contribution in [0.4, 0.5) is 0 Å². The van der Waals surface area contributed by atoms with Gasteiger partial charge in [-0.15, -0.1) is 0 Å². The summed E-state index contributed by atoms with van der Waals surface area (Å²) in [5.41, 5.74) is 0.389. The molecule has 0 amide bonds. The molecule has 4 nitrogen and oxygen atoms in total. The van der Waals surface area contributed by atoms with Crippen molar-refractivity contribution in [3.63, 3.8) is 0 Å². The van der Waals surface area contributed by atoms with Crippen molar-refractivity contribution in [3.05, 3.63) is 17.8 Å². The molecule has 1 unspecified atom stereocenters. The minimum absolute atomic E-state index is 0.336. The predicted molar refractivity (Wildman–Crippen MR) is 46.7 cm³/mol. The van der Waals surface area contributed by atoms with Crippen LogP contribution in [0.25, 0.3) is 0 Å². The molecule has 0 aliphatic carbocycles. The standard InChI is InChI=1S/C9H12N2O2/c12-5-8-6-13-9(11-8)7-2-1-3-10-4-7/h5-7,10H,1-4H2. The molecule has 1 saturated heterocycles. The van der Waals surface area contributed by atoms with E-state index in [4.69, 9.17) is 4.42 Å². The Morgan fingerprint density at radius 2 is 2.62 bits per heavy atom. The summed E-state index contributed by atoms with van der Waals surface area (Å²) in [6.07, 6.45) is 4.36. The molecular weight excluding hydrogens is 168 g/mol. The lowest BCUT2D eigenvalue weighted by atomic mass is 10.00. The van der Waals surface area contributed by atoms with Gasteiger partial charge in [-0.1, -0.05) is 0 Å². The summed E-state index contributed by atoms with van der Waals surface area (Å²) in [4.78, 5) is 14.4. The third-order valence-electron chi connectivity index (χ3n) is 2.31. The summed E-state index contributed by atoms with van der Waals surface area (Å²) in [5, 5.41) is 3.27. The Kier molecular flexibility index (Phi) is 2.40. The molecule has 2 rings (SSSR count). The van der Waals surface area contributed by atoms with Crippen LogP contribution in [0.3, 0.4) is 0 Å². The zero-order chi connectivity index (χ0) is 9.10. The first kappa shape index (κ1) is 8.44. The van der Waals surface area contributed by atoms with Gasteiger partial charge in [-0.3, -0.25) is 4.79 Å².